The molecule has 20 heavy (non-hydrogen) atoms. The summed E-state index contributed by atoms with van der Waals surface area (Å²) in [5.74, 6) is 0.387. The fourth-order valence-corrected chi connectivity index (χ4v) is 2.12. The van der Waals surface area contributed by atoms with E-state index in [2.05, 4.69) is 5.32 Å². The van der Waals surface area contributed by atoms with Gasteiger partial charge in [0.15, 0.2) is 0 Å². The van der Waals surface area contributed by atoms with Gasteiger partial charge in [-0.25, -0.2) is 0 Å². The Morgan fingerprint density at radius 2 is 1.55 bits per heavy atom. The van der Waals surface area contributed by atoms with E-state index in [-0.39, 0.29) is 5.91 Å². The Morgan fingerprint density at radius 3 is 2.15 bits per heavy atom. The topological polar surface area (TPSA) is 29.1 Å². The van der Waals surface area contributed by atoms with Crippen molar-refractivity contribution in [1.29, 1.82) is 0 Å². The molecule has 0 bridgehead atoms. The van der Waals surface area contributed by atoms with E-state index >= 15 is 0 Å². The van der Waals surface area contributed by atoms with Crippen LogP contribution in [0.25, 0.3) is 0 Å². The predicted octanol–water partition coefficient (Wildman–Crippen LogP) is 4.05. The predicted molar refractivity (Wildman–Crippen MR) is 83.5 cm³/mol. The quantitative estimate of drug-likeness (QED) is 0.830. The van der Waals surface area contributed by atoms with Crippen LogP contribution in [-0.4, -0.2) is 12.5 Å². The minimum absolute atomic E-state index is 0.0694. The summed E-state index contributed by atoms with van der Waals surface area (Å²) in [4.78, 5) is 11.9. The molecule has 2 aromatic carbocycles. The van der Waals surface area contributed by atoms with Gasteiger partial charge in [-0.3, -0.25) is 4.79 Å². The number of nitrogens with one attached hydrogen (secondary N) is 1. The Balaban J connectivity index is 1.83. The summed E-state index contributed by atoms with van der Waals surface area (Å²) in [7, 11) is 0. The monoisotopic (exact) mass is 307 g/mol. The number of carbonyl (C=O) groups is 1. The second-order valence-corrected chi connectivity index (χ2v) is 5.17. The van der Waals surface area contributed by atoms with Gasteiger partial charge in [0, 0.05) is 23.0 Å². The molecule has 2 nitrogen and oxygen atoms in total. The molecule has 0 unspecified atom stereocenters. The van der Waals surface area contributed by atoms with Crippen molar-refractivity contribution in [2.24, 2.45) is 0 Å². The highest BCUT2D eigenvalue weighted by Gasteiger charge is 2.04. The molecule has 0 atom stereocenters. The summed E-state index contributed by atoms with van der Waals surface area (Å²) >= 11 is 11.5. The van der Waals surface area contributed by atoms with E-state index in [1.54, 1.807) is 12.1 Å². The number of alkyl halides is 1. The number of carbonyl (C=O) groups excluding carboxylic acids is 1. The Labute approximate surface area is 128 Å². The molecule has 0 fully saturated rings. The maximum atomic E-state index is 11.9. The molecule has 2 rings (SSSR count). The first-order valence-corrected chi connectivity index (χ1v) is 7.28. The van der Waals surface area contributed by atoms with Gasteiger partial charge in [-0.1, -0.05) is 35.9 Å². The van der Waals surface area contributed by atoms with E-state index in [9.17, 15) is 4.79 Å². The zero-order valence-electron chi connectivity index (χ0n) is 10.9. The normalized spacial score (nSPS) is 10.3. The van der Waals surface area contributed by atoms with E-state index in [4.69, 9.17) is 23.2 Å². The Hall–Kier alpha value is -1.51. The first-order valence-electron chi connectivity index (χ1n) is 6.36. The van der Waals surface area contributed by atoms with E-state index in [1.807, 2.05) is 36.4 Å². The van der Waals surface area contributed by atoms with Crippen LogP contribution in [-0.2, 0) is 12.3 Å². The van der Waals surface area contributed by atoms with E-state index < -0.39 is 0 Å². The maximum Gasteiger partial charge on any atom is 0.251 e. The molecule has 2 aromatic rings. The van der Waals surface area contributed by atoms with E-state index in [0.717, 1.165) is 22.6 Å². The van der Waals surface area contributed by atoms with Gasteiger partial charge < -0.3 is 5.32 Å². The molecule has 1 amide bonds. The van der Waals surface area contributed by atoms with E-state index in [1.165, 1.54) is 0 Å². The number of halogens is 2. The summed E-state index contributed by atoms with van der Waals surface area (Å²) in [6.45, 7) is 0.595. The zero-order chi connectivity index (χ0) is 14.4. The SMILES string of the molecule is O=C(NCCc1ccc(Cl)cc1)c1ccc(CCl)cc1. The summed E-state index contributed by atoms with van der Waals surface area (Å²) in [6.07, 6.45) is 0.780. The minimum atomic E-state index is -0.0694. The molecular formula is C16H15Cl2NO. The summed E-state index contributed by atoms with van der Waals surface area (Å²) in [5.41, 5.74) is 2.80. The van der Waals surface area contributed by atoms with Crippen molar-refractivity contribution >= 4 is 29.1 Å². The second-order valence-electron chi connectivity index (χ2n) is 4.46. The van der Waals surface area contributed by atoms with Crippen LogP contribution < -0.4 is 5.32 Å². The molecule has 0 saturated carbocycles. The van der Waals surface area contributed by atoms with Crippen molar-refractivity contribution in [3.8, 4) is 0 Å². The van der Waals surface area contributed by atoms with Gasteiger partial charge in [0.25, 0.3) is 5.91 Å². The Bertz CT molecular complexity index is 564. The van der Waals surface area contributed by atoms with Gasteiger partial charge in [0.2, 0.25) is 0 Å². The number of hydrogen-bond donors (Lipinski definition) is 1. The highest BCUT2D eigenvalue weighted by Crippen LogP contribution is 2.10. The van der Waals surface area contributed by atoms with Crippen LogP contribution in [0.3, 0.4) is 0 Å². The van der Waals surface area contributed by atoms with Crippen LogP contribution in [0.15, 0.2) is 48.5 Å². The lowest BCUT2D eigenvalue weighted by Crippen LogP contribution is -2.25. The van der Waals surface area contributed by atoms with Crippen LogP contribution in [0.2, 0.25) is 5.02 Å². The van der Waals surface area contributed by atoms with Gasteiger partial charge in [0.05, 0.1) is 0 Å². The smallest absolute Gasteiger partial charge is 0.251 e. The van der Waals surface area contributed by atoms with Crippen molar-refractivity contribution in [1.82, 2.24) is 5.32 Å². The molecule has 0 heterocycles. The second kappa shape index (κ2) is 7.32. The van der Waals surface area contributed by atoms with Crippen molar-refractivity contribution in [2.45, 2.75) is 12.3 Å². The van der Waals surface area contributed by atoms with E-state index in [0.29, 0.717) is 18.0 Å². The molecule has 4 heteroatoms. The Morgan fingerprint density at radius 1 is 0.950 bits per heavy atom. The third-order valence-electron chi connectivity index (χ3n) is 2.98. The molecule has 0 saturated heterocycles. The molecular weight excluding hydrogens is 293 g/mol. The number of amides is 1. The van der Waals surface area contributed by atoms with Gasteiger partial charge >= 0.3 is 0 Å². The minimum Gasteiger partial charge on any atom is -0.352 e. The average Bonchev–Trinajstić information content (AvgIpc) is 2.49. The lowest BCUT2D eigenvalue weighted by molar-refractivity contribution is 0.0954. The molecule has 0 aromatic heterocycles. The standard InChI is InChI=1S/C16H15Cl2NO/c17-11-13-1-5-14(6-2-13)16(20)19-10-9-12-3-7-15(18)8-4-12/h1-8H,9-11H2,(H,19,20). The number of rotatable bonds is 5. The molecule has 1 N–H and O–H groups in total. The van der Waals surface area contributed by atoms with Crippen LogP contribution >= 0.6 is 23.2 Å². The van der Waals surface area contributed by atoms with Crippen LogP contribution in [0.1, 0.15) is 21.5 Å². The zero-order valence-corrected chi connectivity index (χ0v) is 12.4. The van der Waals surface area contributed by atoms with Gasteiger partial charge in [0.1, 0.15) is 0 Å². The molecule has 0 spiro atoms. The fraction of sp³-hybridized carbons (Fsp3) is 0.188. The summed E-state index contributed by atoms with van der Waals surface area (Å²) in [5, 5.41) is 3.61. The highest BCUT2D eigenvalue weighted by atomic mass is 35.5. The average molecular weight is 308 g/mol. The lowest BCUT2D eigenvalue weighted by Gasteiger charge is -2.06. The molecule has 104 valence electrons. The highest BCUT2D eigenvalue weighted by molar-refractivity contribution is 6.30. The number of benzene rings is 2. The van der Waals surface area contributed by atoms with Crippen molar-refractivity contribution in [3.05, 3.63) is 70.2 Å². The largest absolute Gasteiger partial charge is 0.352 e. The Kier molecular flexibility index (Phi) is 5.45. The van der Waals surface area contributed by atoms with Crippen molar-refractivity contribution in [2.75, 3.05) is 6.54 Å². The first kappa shape index (κ1) is 14.9. The maximum absolute atomic E-state index is 11.9. The summed E-state index contributed by atoms with van der Waals surface area (Å²) < 4.78 is 0. The lowest BCUT2D eigenvalue weighted by atomic mass is 10.1. The molecule has 0 radical (unpaired) electrons. The third-order valence-corrected chi connectivity index (χ3v) is 3.54. The first-order chi connectivity index (χ1) is 9.69. The van der Waals surface area contributed by atoms with Crippen molar-refractivity contribution in [3.63, 3.8) is 0 Å². The van der Waals surface area contributed by atoms with Crippen LogP contribution in [0.4, 0.5) is 0 Å². The van der Waals surface area contributed by atoms with Crippen LogP contribution in [0.5, 0.6) is 0 Å². The fourth-order valence-electron chi connectivity index (χ4n) is 1.82. The molecule has 0 aliphatic carbocycles. The number of hydrogen-bond acceptors (Lipinski definition) is 1. The van der Waals surface area contributed by atoms with Gasteiger partial charge in [-0.2, -0.15) is 0 Å². The van der Waals surface area contributed by atoms with Gasteiger partial charge in [-0.05, 0) is 41.8 Å². The molecule has 0 aliphatic heterocycles. The van der Waals surface area contributed by atoms with Crippen molar-refractivity contribution < 1.29 is 4.79 Å². The summed E-state index contributed by atoms with van der Waals surface area (Å²) in [6, 6.07) is 14.9. The van der Waals surface area contributed by atoms with Gasteiger partial charge in [-0.15, -0.1) is 11.6 Å². The third kappa shape index (κ3) is 4.26. The van der Waals surface area contributed by atoms with Crippen LogP contribution in [0, 0.1) is 0 Å². The molecule has 0 aliphatic rings.